The van der Waals surface area contributed by atoms with E-state index in [1.165, 1.54) is 23.5 Å². The van der Waals surface area contributed by atoms with Crippen LogP contribution in [0.4, 0.5) is 10.1 Å². The number of hydrogen-bond donors (Lipinski definition) is 1. The predicted molar refractivity (Wildman–Crippen MR) is 119 cm³/mol. The van der Waals surface area contributed by atoms with E-state index in [1.807, 2.05) is 6.92 Å². The number of nitrogens with zero attached hydrogens (tertiary/aromatic N) is 1. The number of carbonyl (C=O) groups is 1. The first kappa shape index (κ1) is 21.2. The summed E-state index contributed by atoms with van der Waals surface area (Å²) >= 11 is 1.51. The van der Waals surface area contributed by atoms with E-state index in [9.17, 15) is 9.18 Å². The molecule has 0 fully saturated rings. The maximum Gasteiger partial charge on any atom is 0.229 e. The van der Waals surface area contributed by atoms with E-state index < -0.39 is 0 Å². The van der Waals surface area contributed by atoms with Crippen molar-refractivity contribution in [2.45, 2.75) is 52.9 Å². The van der Waals surface area contributed by atoms with Gasteiger partial charge < -0.3 is 5.32 Å². The Labute approximate surface area is 176 Å². The smallest absolute Gasteiger partial charge is 0.229 e. The van der Waals surface area contributed by atoms with Crippen molar-refractivity contribution in [3.63, 3.8) is 0 Å². The minimum Gasteiger partial charge on any atom is -0.325 e. The number of nitrogens with one attached hydrogen (secondary N) is 1. The Morgan fingerprint density at radius 3 is 2.17 bits per heavy atom. The molecule has 0 saturated heterocycles. The van der Waals surface area contributed by atoms with Crippen LogP contribution >= 0.6 is 11.3 Å². The summed E-state index contributed by atoms with van der Waals surface area (Å²) in [7, 11) is 0. The van der Waals surface area contributed by atoms with Crippen LogP contribution in [0.5, 0.6) is 0 Å². The Balaban J connectivity index is 1.89. The van der Waals surface area contributed by atoms with E-state index >= 15 is 0 Å². The summed E-state index contributed by atoms with van der Waals surface area (Å²) in [4.78, 5) is 18.5. The van der Waals surface area contributed by atoms with Gasteiger partial charge >= 0.3 is 0 Å². The Morgan fingerprint density at radius 1 is 1.03 bits per heavy atom. The second-order valence-corrected chi connectivity index (χ2v) is 9.15. The number of hydrogen-bond acceptors (Lipinski definition) is 3. The average molecular weight is 411 g/mol. The van der Waals surface area contributed by atoms with Crippen LogP contribution in [-0.2, 0) is 11.2 Å². The van der Waals surface area contributed by atoms with Gasteiger partial charge in [-0.3, -0.25) is 4.79 Å². The van der Waals surface area contributed by atoms with E-state index in [4.69, 9.17) is 0 Å². The summed E-state index contributed by atoms with van der Waals surface area (Å²) in [6.45, 7) is 10.5. The lowest BCUT2D eigenvalue weighted by atomic mass is 9.92. The highest BCUT2D eigenvalue weighted by Gasteiger charge is 2.19. The zero-order valence-electron chi connectivity index (χ0n) is 17.5. The van der Waals surface area contributed by atoms with Crippen LogP contribution in [0, 0.1) is 12.7 Å². The van der Waals surface area contributed by atoms with Crippen LogP contribution in [0.1, 0.15) is 60.5 Å². The molecule has 1 N–H and O–H groups in total. The molecule has 29 heavy (non-hydrogen) atoms. The normalized spacial score (nSPS) is 11.3. The number of aromatic nitrogens is 1. The molecule has 0 aliphatic rings. The molecule has 152 valence electrons. The lowest BCUT2D eigenvalue weighted by Crippen LogP contribution is -2.17. The van der Waals surface area contributed by atoms with Crippen molar-refractivity contribution in [2.75, 3.05) is 5.32 Å². The number of halogens is 1. The highest BCUT2D eigenvalue weighted by atomic mass is 32.1. The highest BCUT2D eigenvalue weighted by Crippen LogP contribution is 2.33. The molecular formula is C24H27FN2OS. The summed E-state index contributed by atoms with van der Waals surface area (Å²) in [5.41, 5.74) is 4.78. The molecule has 1 heterocycles. The maximum absolute atomic E-state index is 13.3. The fraction of sp³-hybridized carbons (Fsp3) is 0.333. The largest absolute Gasteiger partial charge is 0.325 e. The Hall–Kier alpha value is -2.53. The highest BCUT2D eigenvalue weighted by molar-refractivity contribution is 7.12. The maximum atomic E-state index is 13.3. The second-order valence-electron chi connectivity index (χ2n) is 7.86. The average Bonchev–Trinajstić information content (AvgIpc) is 3.02. The number of amides is 1. The number of carbonyl (C=O) groups excluding carboxylic acids is 1. The van der Waals surface area contributed by atoms with Crippen molar-refractivity contribution < 1.29 is 9.18 Å². The van der Waals surface area contributed by atoms with Gasteiger partial charge in [-0.1, -0.05) is 45.9 Å². The van der Waals surface area contributed by atoms with Gasteiger partial charge in [-0.25, -0.2) is 9.37 Å². The molecule has 5 heteroatoms. The van der Waals surface area contributed by atoms with Gasteiger partial charge in [0.25, 0.3) is 0 Å². The van der Waals surface area contributed by atoms with Crippen molar-refractivity contribution in [3.05, 3.63) is 69.3 Å². The van der Waals surface area contributed by atoms with Crippen LogP contribution in [-0.4, -0.2) is 10.9 Å². The standard InChI is InChI=1S/C24H27FN2OS/c1-14(2)19-7-6-8-20(15(3)4)24(19)27-22(28)13-21-23(26-16(5)29-21)17-9-11-18(25)12-10-17/h6-12,14-15H,13H2,1-5H3,(H,27,28). The molecule has 0 spiro atoms. The summed E-state index contributed by atoms with van der Waals surface area (Å²) < 4.78 is 13.3. The van der Waals surface area contributed by atoms with E-state index in [2.05, 4.69) is 56.2 Å². The van der Waals surface area contributed by atoms with Gasteiger partial charge in [-0.05, 0) is 54.2 Å². The Kier molecular flexibility index (Phi) is 6.48. The van der Waals surface area contributed by atoms with E-state index in [0.717, 1.165) is 38.0 Å². The molecule has 0 aliphatic heterocycles. The molecule has 3 nitrogen and oxygen atoms in total. The third-order valence-electron chi connectivity index (χ3n) is 4.88. The van der Waals surface area contributed by atoms with Gasteiger partial charge in [0.2, 0.25) is 5.91 Å². The molecule has 1 aromatic heterocycles. The molecule has 0 atom stereocenters. The number of anilines is 1. The second kappa shape index (κ2) is 8.87. The van der Waals surface area contributed by atoms with Crippen LogP contribution in [0.15, 0.2) is 42.5 Å². The van der Waals surface area contributed by atoms with Gasteiger partial charge in [-0.2, -0.15) is 0 Å². The Morgan fingerprint density at radius 2 is 1.62 bits per heavy atom. The van der Waals surface area contributed by atoms with Crippen molar-refractivity contribution in [2.24, 2.45) is 0 Å². The van der Waals surface area contributed by atoms with Crippen molar-refractivity contribution in [3.8, 4) is 11.3 Å². The first-order valence-electron chi connectivity index (χ1n) is 9.91. The summed E-state index contributed by atoms with van der Waals surface area (Å²) in [6.07, 6.45) is 0.238. The van der Waals surface area contributed by atoms with Gasteiger partial charge in [0.1, 0.15) is 5.82 Å². The third kappa shape index (κ3) is 4.91. The summed E-state index contributed by atoms with van der Waals surface area (Å²) in [5, 5.41) is 4.05. The number of rotatable bonds is 6. The first-order chi connectivity index (χ1) is 13.8. The molecular weight excluding hydrogens is 383 g/mol. The van der Waals surface area contributed by atoms with Crippen LogP contribution in [0.2, 0.25) is 0 Å². The van der Waals surface area contributed by atoms with Gasteiger partial charge in [-0.15, -0.1) is 11.3 Å². The Bertz CT molecular complexity index is 980. The van der Waals surface area contributed by atoms with Gasteiger partial charge in [0.15, 0.2) is 0 Å². The van der Waals surface area contributed by atoms with Crippen LogP contribution < -0.4 is 5.32 Å². The van der Waals surface area contributed by atoms with Crippen LogP contribution in [0.3, 0.4) is 0 Å². The molecule has 2 aromatic carbocycles. The molecule has 3 rings (SSSR count). The zero-order chi connectivity index (χ0) is 21.1. The molecule has 3 aromatic rings. The monoisotopic (exact) mass is 410 g/mol. The molecule has 0 bridgehead atoms. The molecule has 0 unspecified atom stereocenters. The van der Waals surface area contributed by atoms with Crippen molar-refractivity contribution in [1.29, 1.82) is 0 Å². The fourth-order valence-corrected chi connectivity index (χ4v) is 4.40. The van der Waals surface area contributed by atoms with Crippen molar-refractivity contribution >= 4 is 22.9 Å². The molecule has 1 amide bonds. The van der Waals surface area contributed by atoms with E-state index in [0.29, 0.717) is 11.8 Å². The first-order valence-corrected chi connectivity index (χ1v) is 10.7. The number of thiazole rings is 1. The zero-order valence-corrected chi connectivity index (χ0v) is 18.4. The topological polar surface area (TPSA) is 42.0 Å². The van der Waals surface area contributed by atoms with Crippen molar-refractivity contribution in [1.82, 2.24) is 4.98 Å². The molecule has 0 saturated carbocycles. The van der Waals surface area contributed by atoms with Gasteiger partial charge in [0, 0.05) is 16.1 Å². The van der Waals surface area contributed by atoms with E-state index in [1.54, 1.807) is 12.1 Å². The third-order valence-corrected chi connectivity index (χ3v) is 5.85. The quantitative estimate of drug-likeness (QED) is 0.492. The summed E-state index contributed by atoms with van der Waals surface area (Å²) in [5.74, 6) is 0.271. The van der Waals surface area contributed by atoms with E-state index in [-0.39, 0.29) is 18.1 Å². The van der Waals surface area contributed by atoms with Crippen LogP contribution in [0.25, 0.3) is 11.3 Å². The number of aryl methyl sites for hydroxylation is 1. The number of para-hydroxylation sites is 1. The molecule has 0 radical (unpaired) electrons. The SMILES string of the molecule is Cc1nc(-c2ccc(F)cc2)c(CC(=O)Nc2c(C(C)C)cccc2C(C)C)s1. The minimum atomic E-state index is -0.286. The van der Waals surface area contributed by atoms with Gasteiger partial charge in [0.05, 0.1) is 17.1 Å². The fourth-order valence-electron chi connectivity index (χ4n) is 3.45. The number of benzene rings is 2. The lowest BCUT2D eigenvalue weighted by molar-refractivity contribution is -0.115. The summed E-state index contributed by atoms with van der Waals surface area (Å²) in [6, 6.07) is 12.5. The molecule has 0 aliphatic carbocycles. The predicted octanol–water partition coefficient (Wildman–Crippen LogP) is 6.69. The minimum absolute atomic E-state index is 0.0630. The lowest BCUT2D eigenvalue weighted by Gasteiger charge is -2.20.